The first kappa shape index (κ1) is 37.5. The van der Waals surface area contributed by atoms with E-state index in [4.69, 9.17) is 0 Å². The molecule has 0 nitrogen and oxygen atoms in total. The Labute approximate surface area is 242 Å². The average Bonchev–Trinajstić information content (AvgIpc) is 2.43. The van der Waals surface area contributed by atoms with Gasteiger partial charge in [-0.15, -0.1) is 0 Å². The topological polar surface area (TPSA) is 0 Å². The number of hydrogen-bond acceptors (Lipinski definition) is 0. The molecular formula is C36H75Al. The number of hydrogen-bond donors (Lipinski definition) is 0. The third-order valence-corrected chi connectivity index (χ3v) is 12.4. The highest BCUT2D eigenvalue weighted by Crippen LogP contribution is 2.43. The van der Waals surface area contributed by atoms with Gasteiger partial charge in [0.2, 0.25) is 0 Å². The van der Waals surface area contributed by atoms with Crippen molar-refractivity contribution in [2.24, 2.45) is 50.2 Å². The Hall–Kier alpha value is 0.532. The number of rotatable bonds is 15. The molecule has 3 unspecified atom stereocenters. The molecule has 0 rings (SSSR count). The monoisotopic (exact) mass is 535 g/mol. The van der Waals surface area contributed by atoms with Crippen LogP contribution in [0.2, 0.25) is 15.8 Å². The molecule has 0 fully saturated rings. The first-order chi connectivity index (χ1) is 16.1. The Balaban J connectivity index is 5.50. The molecule has 0 aromatic carbocycles. The summed E-state index contributed by atoms with van der Waals surface area (Å²) in [7, 11) is 0. The van der Waals surface area contributed by atoms with Crippen molar-refractivity contribution >= 4 is 14.1 Å². The van der Waals surface area contributed by atoms with Crippen molar-refractivity contribution < 1.29 is 0 Å². The predicted molar refractivity (Wildman–Crippen MR) is 175 cm³/mol. The van der Waals surface area contributed by atoms with Crippen molar-refractivity contribution in [1.82, 2.24) is 0 Å². The van der Waals surface area contributed by atoms with Crippen molar-refractivity contribution in [3.63, 3.8) is 0 Å². The van der Waals surface area contributed by atoms with E-state index in [1.54, 1.807) is 15.8 Å². The Kier molecular flexibility index (Phi) is 14.1. The Morgan fingerprint density at radius 2 is 0.568 bits per heavy atom. The molecule has 0 aromatic rings. The zero-order chi connectivity index (χ0) is 29.7. The van der Waals surface area contributed by atoms with Crippen LogP contribution >= 0.6 is 0 Å². The molecule has 0 saturated carbocycles. The summed E-state index contributed by atoms with van der Waals surface area (Å²) < 4.78 is 0. The maximum Gasteiger partial charge on any atom is 0.262 e. The standard InChI is InChI=1S/3C12H25.Al/c3*1-10(2)8-12(6,7)9-11(3,4)5;/h3*10H,1,8-9H2,2-7H3;. The summed E-state index contributed by atoms with van der Waals surface area (Å²) in [4.78, 5) is 0. The van der Waals surface area contributed by atoms with Crippen molar-refractivity contribution in [2.45, 2.75) is 179 Å². The lowest BCUT2D eigenvalue weighted by Crippen LogP contribution is -2.29. The lowest BCUT2D eigenvalue weighted by Gasteiger charge is -2.37. The molecule has 0 radical (unpaired) electrons. The molecule has 0 N–H and O–H groups in total. The summed E-state index contributed by atoms with van der Waals surface area (Å²) in [5.41, 5.74) is 2.58. The lowest BCUT2D eigenvalue weighted by atomic mass is 9.72. The van der Waals surface area contributed by atoms with Crippen LogP contribution in [0.4, 0.5) is 0 Å². The Morgan fingerprint density at radius 3 is 0.730 bits per heavy atom. The Morgan fingerprint density at radius 1 is 0.378 bits per heavy atom. The average molecular weight is 535 g/mol. The summed E-state index contributed by atoms with van der Waals surface area (Å²) in [6, 6.07) is 0. The lowest BCUT2D eigenvalue weighted by molar-refractivity contribution is 0.176. The van der Waals surface area contributed by atoms with Crippen LogP contribution in [0.25, 0.3) is 0 Å². The largest absolute Gasteiger partial charge is 0.262 e. The van der Waals surface area contributed by atoms with Crippen molar-refractivity contribution in [3.05, 3.63) is 0 Å². The van der Waals surface area contributed by atoms with Crippen LogP contribution in [0.3, 0.4) is 0 Å². The summed E-state index contributed by atoms with van der Waals surface area (Å²) in [6.07, 6.45) is 8.15. The second kappa shape index (κ2) is 13.9. The van der Waals surface area contributed by atoms with Crippen molar-refractivity contribution in [1.29, 1.82) is 0 Å². The van der Waals surface area contributed by atoms with E-state index < -0.39 is 14.1 Å². The quantitative estimate of drug-likeness (QED) is 0.183. The highest BCUT2D eigenvalue weighted by molar-refractivity contribution is 6.59. The highest BCUT2D eigenvalue weighted by Gasteiger charge is 2.34. The van der Waals surface area contributed by atoms with Gasteiger partial charge in [-0.05, 0) is 71.0 Å². The Bertz CT molecular complexity index is 541. The van der Waals surface area contributed by atoms with E-state index in [9.17, 15) is 0 Å². The van der Waals surface area contributed by atoms with Crippen LogP contribution in [0.15, 0.2) is 0 Å². The van der Waals surface area contributed by atoms with E-state index in [0.717, 1.165) is 17.8 Å². The van der Waals surface area contributed by atoms with Gasteiger partial charge in [-0.2, -0.15) is 0 Å². The van der Waals surface area contributed by atoms with Crippen LogP contribution in [0.1, 0.15) is 163 Å². The smallest absolute Gasteiger partial charge is 0.0912 e. The van der Waals surface area contributed by atoms with Gasteiger partial charge in [-0.3, -0.25) is 0 Å². The molecule has 37 heavy (non-hydrogen) atoms. The van der Waals surface area contributed by atoms with Crippen LogP contribution in [-0.4, -0.2) is 14.1 Å². The fourth-order valence-corrected chi connectivity index (χ4v) is 14.1. The summed E-state index contributed by atoms with van der Waals surface area (Å²) in [5.74, 6) is 2.58. The molecule has 0 aliphatic heterocycles. The normalized spacial score (nSPS) is 17.0. The maximum atomic E-state index is 2.59. The molecule has 0 aliphatic carbocycles. The van der Waals surface area contributed by atoms with Gasteiger partial charge in [-0.1, -0.05) is 158 Å². The van der Waals surface area contributed by atoms with Crippen LogP contribution in [0.5, 0.6) is 0 Å². The van der Waals surface area contributed by atoms with Crippen LogP contribution in [-0.2, 0) is 0 Å². The van der Waals surface area contributed by atoms with Crippen molar-refractivity contribution in [3.8, 4) is 0 Å². The van der Waals surface area contributed by atoms with Crippen LogP contribution < -0.4 is 0 Å². The van der Waals surface area contributed by atoms with Gasteiger partial charge in [0.1, 0.15) is 0 Å². The minimum Gasteiger partial charge on any atom is -0.0912 e. The second-order valence-electron chi connectivity index (χ2n) is 20.2. The molecule has 0 aromatic heterocycles. The molecule has 3 atom stereocenters. The van der Waals surface area contributed by atoms with Gasteiger partial charge in [-0.25, -0.2) is 0 Å². The van der Waals surface area contributed by atoms with Gasteiger partial charge in [0.15, 0.2) is 0 Å². The predicted octanol–water partition coefficient (Wildman–Crippen LogP) is 12.9. The van der Waals surface area contributed by atoms with Crippen LogP contribution in [0, 0.1) is 50.2 Å². The zero-order valence-corrected chi connectivity index (χ0v) is 30.8. The van der Waals surface area contributed by atoms with E-state index in [0.29, 0.717) is 32.5 Å². The fraction of sp³-hybridized carbons (Fsp3) is 1.00. The maximum absolute atomic E-state index is 2.59. The SMILES string of the molecule is CC([CH2][Al]([CH2]C(C)CC(C)(C)CC(C)(C)C)[CH2]C(C)CC(C)(C)CC(C)(C)C)CC(C)(C)CC(C)(C)C. The van der Waals surface area contributed by atoms with E-state index >= 15 is 0 Å². The second-order valence-corrected chi connectivity index (χ2v) is 23.4. The van der Waals surface area contributed by atoms with Gasteiger partial charge < -0.3 is 0 Å². The molecule has 0 aliphatic rings. The third-order valence-electron chi connectivity index (χ3n) is 7.94. The van der Waals surface area contributed by atoms with E-state index in [2.05, 4.69) is 125 Å². The minimum atomic E-state index is -0.835. The molecule has 222 valence electrons. The van der Waals surface area contributed by atoms with Crippen molar-refractivity contribution in [2.75, 3.05) is 0 Å². The van der Waals surface area contributed by atoms with E-state index in [-0.39, 0.29) is 0 Å². The fourth-order valence-electron chi connectivity index (χ4n) is 9.60. The molecular weight excluding hydrogens is 459 g/mol. The van der Waals surface area contributed by atoms with E-state index in [1.165, 1.54) is 38.5 Å². The summed E-state index contributed by atoms with van der Waals surface area (Å²) >= 11 is -0.835. The minimum absolute atomic E-state index is 0.417. The summed E-state index contributed by atoms with van der Waals surface area (Å²) in [5, 5.41) is 4.63. The molecule has 0 bridgehead atoms. The summed E-state index contributed by atoms with van der Waals surface area (Å²) in [6.45, 7) is 44.7. The molecule has 0 spiro atoms. The van der Waals surface area contributed by atoms with Gasteiger partial charge in [0, 0.05) is 0 Å². The van der Waals surface area contributed by atoms with Gasteiger partial charge in [0.25, 0.3) is 14.1 Å². The molecule has 0 heterocycles. The first-order valence-electron chi connectivity index (χ1n) is 16.1. The first-order valence-corrected chi connectivity index (χ1v) is 18.5. The third kappa shape index (κ3) is 21.0. The molecule has 1 heteroatoms. The highest BCUT2D eigenvalue weighted by atomic mass is 27.2. The zero-order valence-electron chi connectivity index (χ0n) is 29.7. The van der Waals surface area contributed by atoms with E-state index in [1.807, 2.05) is 0 Å². The molecule has 0 saturated heterocycles. The van der Waals surface area contributed by atoms with Gasteiger partial charge in [0.05, 0.1) is 0 Å². The molecule has 0 amide bonds. The van der Waals surface area contributed by atoms with Gasteiger partial charge >= 0.3 is 0 Å².